The van der Waals surface area contributed by atoms with Crippen molar-refractivity contribution in [3.8, 4) is 0 Å². The summed E-state index contributed by atoms with van der Waals surface area (Å²) in [4.78, 5) is 10.7. The highest BCUT2D eigenvalue weighted by molar-refractivity contribution is 5.57. The van der Waals surface area contributed by atoms with Crippen LogP contribution in [0.25, 0.3) is 0 Å². The molecule has 1 aromatic heterocycles. The van der Waals surface area contributed by atoms with E-state index in [1.54, 1.807) is 13.1 Å². The fraction of sp³-hybridized carbons (Fsp3) is 0.333. The Balaban J connectivity index is 2.26. The van der Waals surface area contributed by atoms with Crippen LogP contribution in [0.5, 0.6) is 0 Å². The molecule has 2 aromatic rings. The molecule has 0 aliphatic carbocycles. The van der Waals surface area contributed by atoms with E-state index in [-0.39, 0.29) is 0 Å². The summed E-state index contributed by atoms with van der Waals surface area (Å²) in [5.41, 5.74) is 2.74. The van der Waals surface area contributed by atoms with Crippen molar-refractivity contribution in [3.63, 3.8) is 0 Å². The van der Waals surface area contributed by atoms with Gasteiger partial charge < -0.3 is 15.3 Å². The molecule has 0 aliphatic rings. The van der Waals surface area contributed by atoms with Crippen LogP contribution in [0.1, 0.15) is 24.2 Å². The summed E-state index contributed by atoms with van der Waals surface area (Å²) in [5.74, 6) is 1.43. The molecule has 1 aromatic carbocycles. The van der Waals surface area contributed by atoms with Crippen LogP contribution in [0.15, 0.2) is 30.5 Å². The molecule has 0 aliphatic heterocycles. The second-order valence-corrected chi connectivity index (χ2v) is 5.02. The number of benzene rings is 1. The van der Waals surface area contributed by atoms with E-state index < -0.39 is 6.10 Å². The highest BCUT2D eigenvalue weighted by Gasteiger charge is 2.07. The first-order chi connectivity index (χ1) is 9.47. The zero-order valence-electron chi connectivity index (χ0n) is 12.3. The molecule has 2 rings (SSSR count). The van der Waals surface area contributed by atoms with Gasteiger partial charge in [0.25, 0.3) is 0 Å². The molecule has 0 saturated carbocycles. The zero-order valence-corrected chi connectivity index (χ0v) is 12.3. The van der Waals surface area contributed by atoms with Gasteiger partial charge in [-0.15, -0.1) is 0 Å². The van der Waals surface area contributed by atoms with Crippen LogP contribution < -0.4 is 10.2 Å². The molecule has 0 amide bonds. The van der Waals surface area contributed by atoms with Crippen molar-refractivity contribution < 1.29 is 5.11 Å². The Morgan fingerprint density at radius 1 is 1.30 bits per heavy atom. The molecule has 0 bridgehead atoms. The average Bonchev–Trinajstić information content (AvgIpc) is 2.41. The number of aliphatic hydroxyl groups excluding tert-OH is 1. The molecule has 5 nitrogen and oxygen atoms in total. The van der Waals surface area contributed by atoms with Crippen molar-refractivity contribution in [2.75, 3.05) is 24.3 Å². The average molecular weight is 272 g/mol. The Morgan fingerprint density at radius 2 is 2.05 bits per heavy atom. The van der Waals surface area contributed by atoms with E-state index in [1.807, 2.05) is 50.2 Å². The van der Waals surface area contributed by atoms with E-state index in [0.29, 0.717) is 5.95 Å². The quantitative estimate of drug-likeness (QED) is 0.896. The number of hydrogen-bond donors (Lipinski definition) is 2. The number of rotatable bonds is 4. The molecule has 20 heavy (non-hydrogen) atoms. The monoisotopic (exact) mass is 272 g/mol. The topological polar surface area (TPSA) is 61.3 Å². The van der Waals surface area contributed by atoms with Gasteiger partial charge >= 0.3 is 0 Å². The fourth-order valence-electron chi connectivity index (χ4n) is 1.95. The van der Waals surface area contributed by atoms with Gasteiger partial charge in [-0.3, -0.25) is 0 Å². The molecular weight excluding hydrogens is 252 g/mol. The van der Waals surface area contributed by atoms with Crippen molar-refractivity contribution in [3.05, 3.63) is 41.6 Å². The lowest BCUT2D eigenvalue weighted by Crippen LogP contribution is -2.13. The first-order valence-corrected chi connectivity index (χ1v) is 6.53. The first-order valence-electron chi connectivity index (χ1n) is 6.53. The van der Waals surface area contributed by atoms with Crippen LogP contribution in [-0.2, 0) is 0 Å². The molecule has 0 radical (unpaired) electrons. The van der Waals surface area contributed by atoms with Gasteiger partial charge in [-0.1, -0.05) is 12.1 Å². The maximum absolute atomic E-state index is 9.60. The van der Waals surface area contributed by atoms with Crippen molar-refractivity contribution in [2.24, 2.45) is 0 Å². The molecule has 1 heterocycles. The minimum absolute atomic E-state index is 0.493. The molecule has 106 valence electrons. The number of hydrogen-bond acceptors (Lipinski definition) is 5. The summed E-state index contributed by atoms with van der Waals surface area (Å²) in [6.45, 7) is 3.72. The molecule has 0 fully saturated rings. The number of anilines is 3. The Hall–Kier alpha value is -2.14. The largest absolute Gasteiger partial charge is 0.389 e. The first kappa shape index (κ1) is 14.3. The molecular formula is C15H20N4O. The summed E-state index contributed by atoms with van der Waals surface area (Å²) >= 11 is 0. The Kier molecular flexibility index (Phi) is 4.20. The Bertz CT molecular complexity index is 596. The molecule has 1 atom stereocenters. The summed E-state index contributed by atoms with van der Waals surface area (Å²) in [5, 5.41) is 12.8. The summed E-state index contributed by atoms with van der Waals surface area (Å²) in [7, 11) is 3.90. The summed E-state index contributed by atoms with van der Waals surface area (Å²) in [6.07, 6.45) is 1.30. The summed E-state index contributed by atoms with van der Waals surface area (Å²) < 4.78 is 0. The van der Waals surface area contributed by atoms with Crippen LogP contribution >= 0.6 is 0 Å². The Labute approximate surface area is 119 Å². The smallest absolute Gasteiger partial charge is 0.229 e. The van der Waals surface area contributed by atoms with E-state index >= 15 is 0 Å². The third-order valence-electron chi connectivity index (χ3n) is 2.99. The van der Waals surface area contributed by atoms with E-state index in [1.165, 1.54) is 0 Å². The van der Waals surface area contributed by atoms with Gasteiger partial charge in [0.15, 0.2) is 0 Å². The van der Waals surface area contributed by atoms with Gasteiger partial charge in [0.05, 0.1) is 6.10 Å². The SMILES string of the molecule is Cc1cnc(Nc2cccc(C(C)O)c2)nc1N(C)C. The molecule has 2 N–H and O–H groups in total. The summed E-state index contributed by atoms with van der Waals surface area (Å²) in [6, 6.07) is 7.59. The van der Waals surface area contributed by atoms with E-state index in [4.69, 9.17) is 0 Å². The van der Waals surface area contributed by atoms with Crippen LogP contribution in [0.3, 0.4) is 0 Å². The number of aromatic nitrogens is 2. The highest BCUT2D eigenvalue weighted by Crippen LogP contribution is 2.21. The lowest BCUT2D eigenvalue weighted by molar-refractivity contribution is 0.199. The number of aliphatic hydroxyl groups is 1. The van der Waals surface area contributed by atoms with E-state index in [0.717, 1.165) is 22.6 Å². The predicted molar refractivity (Wildman–Crippen MR) is 81.5 cm³/mol. The van der Waals surface area contributed by atoms with Gasteiger partial charge in [-0.2, -0.15) is 4.98 Å². The third-order valence-corrected chi connectivity index (χ3v) is 2.99. The van der Waals surface area contributed by atoms with E-state index in [9.17, 15) is 5.11 Å². The molecule has 5 heteroatoms. The second kappa shape index (κ2) is 5.88. The lowest BCUT2D eigenvalue weighted by atomic mass is 10.1. The second-order valence-electron chi connectivity index (χ2n) is 5.02. The van der Waals surface area contributed by atoms with Crippen LogP contribution in [-0.4, -0.2) is 29.2 Å². The van der Waals surface area contributed by atoms with Crippen LogP contribution in [0.2, 0.25) is 0 Å². The van der Waals surface area contributed by atoms with Crippen molar-refractivity contribution in [2.45, 2.75) is 20.0 Å². The maximum Gasteiger partial charge on any atom is 0.229 e. The van der Waals surface area contributed by atoms with Gasteiger partial charge in [0.2, 0.25) is 5.95 Å². The lowest BCUT2D eigenvalue weighted by Gasteiger charge is -2.15. The minimum Gasteiger partial charge on any atom is -0.389 e. The fourth-order valence-corrected chi connectivity index (χ4v) is 1.95. The van der Waals surface area contributed by atoms with Gasteiger partial charge in [0.1, 0.15) is 5.82 Å². The minimum atomic E-state index is -0.493. The van der Waals surface area contributed by atoms with Crippen molar-refractivity contribution >= 4 is 17.5 Å². The molecule has 1 unspecified atom stereocenters. The van der Waals surface area contributed by atoms with Gasteiger partial charge in [-0.25, -0.2) is 4.98 Å². The zero-order chi connectivity index (χ0) is 14.7. The standard InChI is InChI=1S/C15H20N4O/c1-10-9-16-15(18-14(10)19(3)4)17-13-7-5-6-12(8-13)11(2)20/h5-9,11,20H,1-4H3,(H,16,17,18). The molecule has 0 spiro atoms. The molecule has 0 saturated heterocycles. The number of nitrogens with zero attached hydrogens (tertiary/aromatic N) is 3. The maximum atomic E-state index is 9.60. The van der Waals surface area contributed by atoms with Crippen LogP contribution in [0, 0.1) is 6.92 Å². The Morgan fingerprint density at radius 3 is 2.70 bits per heavy atom. The van der Waals surface area contributed by atoms with Crippen molar-refractivity contribution in [1.29, 1.82) is 0 Å². The normalized spacial score (nSPS) is 12.1. The van der Waals surface area contributed by atoms with E-state index in [2.05, 4.69) is 15.3 Å². The predicted octanol–water partition coefficient (Wildman–Crippen LogP) is 2.65. The van der Waals surface area contributed by atoms with Crippen LogP contribution in [0.4, 0.5) is 17.5 Å². The van der Waals surface area contributed by atoms with Crippen molar-refractivity contribution in [1.82, 2.24) is 9.97 Å². The third kappa shape index (κ3) is 3.24. The van der Waals surface area contributed by atoms with Gasteiger partial charge in [-0.05, 0) is 31.5 Å². The number of aryl methyl sites for hydroxylation is 1. The number of nitrogens with one attached hydrogen (secondary N) is 1. The van der Waals surface area contributed by atoms with Gasteiger partial charge in [0, 0.05) is 31.5 Å². The highest BCUT2D eigenvalue weighted by atomic mass is 16.3.